The minimum atomic E-state index is -0.228. The number of benzene rings is 2. The Morgan fingerprint density at radius 3 is 2.54 bits per heavy atom. The molecule has 0 N–H and O–H groups in total. The highest BCUT2D eigenvalue weighted by molar-refractivity contribution is 6.35. The Hall–Kier alpha value is -1.26. The lowest BCUT2D eigenvalue weighted by molar-refractivity contribution is -0.119. The number of hydrogen-bond acceptors (Lipinski definition) is 2. The lowest BCUT2D eigenvalue weighted by Crippen LogP contribution is -2.32. The third-order valence-corrected chi connectivity index (χ3v) is 5.50. The summed E-state index contributed by atoms with van der Waals surface area (Å²) < 4.78 is 0. The van der Waals surface area contributed by atoms with E-state index in [-0.39, 0.29) is 18.1 Å². The van der Waals surface area contributed by atoms with E-state index in [9.17, 15) is 4.79 Å². The predicted molar refractivity (Wildman–Crippen MR) is 97.9 cm³/mol. The lowest BCUT2D eigenvalue weighted by atomic mass is 10.1. The maximum Gasteiger partial charge on any atom is 0.246 e. The van der Waals surface area contributed by atoms with Gasteiger partial charge in [-0.25, -0.2) is 0 Å². The van der Waals surface area contributed by atoms with Crippen molar-refractivity contribution < 1.29 is 4.79 Å². The zero-order valence-corrected chi connectivity index (χ0v) is 15.0. The number of carbonyl (C=O) groups is 1. The Bertz CT molecular complexity index is 811. The van der Waals surface area contributed by atoms with Gasteiger partial charge in [0.15, 0.2) is 0 Å². The van der Waals surface area contributed by atoms with Crippen LogP contribution in [0.4, 0.5) is 5.69 Å². The zero-order chi connectivity index (χ0) is 16.8. The van der Waals surface area contributed by atoms with E-state index in [0.29, 0.717) is 15.1 Å². The van der Waals surface area contributed by atoms with Gasteiger partial charge in [-0.2, -0.15) is 0 Å². The fourth-order valence-electron chi connectivity index (χ4n) is 3.70. The standard InChI is InChI=1S/C18H15Cl3N2O/c19-11-3-1-4-13(9-11)23-17(14-7-6-12(20)10-15(14)21)22-8-2-5-16(22)18(23)24/h1,3-4,6-7,9-10,16-17H,2,5,8H2. The molecule has 0 radical (unpaired) electrons. The van der Waals surface area contributed by atoms with Crippen LogP contribution in [0.25, 0.3) is 0 Å². The van der Waals surface area contributed by atoms with E-state index in [1.54, 1.807) is 12.1 Å². The molecule has 2 fully saturated rings. The molecule has 0 aliphatic carbocycles. The maximum atomic E-state index is 13.0. The second-order valence-corrected chi connectivity index (χ2v) is 7.40. The SMILES string of the molecule is O=C1C2CCCN2C(c2ccc(Cl)cc2Cl)N1c1cccc(Cl)c1. The van der Waals surface area contributed by atoms with E-state index in [0.717, 1.165) is 30.6 Å². The fourth-order valence-corrected chi connectivity index (χ4v) is 4.39. The summed E-state index contributed by atoms with van der Waals surface area (Å²) in [5, 5.41) is 1.76. The minimum Gasteiger partial charge on any atom is -0.290 e. The molecular formula is C18H15Cl3N2O. The molecule has 2 aromatic rings. The summed E-state index contributed by atoms with van der Waals surface area (Å²) in [7, 11) is 0. The second-order valence-electron chi connectivity index (χ2n) is 6.12. The van der Waals surface area contributed by atoms with Crippen molar-refractivity contribution >= 4 is 46.4 Å². The summed E-state index contributed by atoms with van der Waals surface area (Å²) in [6, 6.07) is 12.7. The van der Waals surface area contributed by atoms with Gasteiger partial charge in [0.25, 0.3) is 0 Å². The molecular weight excluding hydrogens is 367 g/mol. The van der Waals surface area contributed by atoms with Gasteiger partial charge in [-0.1, -0.05) is 46.9 Å². The van der Waals surface area contributed by atoms with Crippen molar-refractivity contribution in [1.82, 2.24) is 4.90 Å². The van der Waals surface area contributed by atoms with Gasteiger partial charge in [-0.15, -0.1) is 0 Å². The number of amides is 1. The molecule has 2 atom stereocenters. The molecule has 2 aromatic carbocycles. The number of halogens is 3. The van der Waals surface area contributed by atoms with Crippen LogP contribution in [0.15, 0.2) is 42.5 Å². The van der Waals surface area contributed by atoms with Crippen molar-refractivity contribution in [3.8, 4) is 0 Å². The summed E-state index contributed by atoms with van der Waals surface area (Å²) in [4.78, 5) is 17.1. The van der Waals surface area contributed by atoms with Crippen molar-refractivity contribution in [3.05, 3.63) is 63.1 Å². The van der Waals surface area contributed by atoms with Gasteiger partial charge in [-0.3, -0.25) is 14.6 Å². The van der Waals surface area contributed by atoms with Crippen LogP contribution in [-0.4, -0.2) is 23.4 Å². The minimum absolute atomic E-state index is 0.0965. The van der Waals surface area contributed by atoms with E-state index in [1.807, 2.05) is 35.2 Å². The number of anilines is 1. The number of nitrogens with zero attached hydrogens (tertiary/aromatic N) is 2. The molecule has 2 unspecified atom stereocenters. The van der Waals surface area contributed by atoms with Crippen LogP contribution < -0.4 is 4.90 Å². The van der Waals surface area contributed by atoms with Crippen molar-refractivity contribution in [2.45, 2.75) is 25.0 Å². The predicted octanol–water partition coefficient (Wildman–Crippen LogP) is 5.16. The molecule has 2 heterocycles. The molecule has 0 spiro atoms. The molecule has 0 saturated carbocycles. The third kappa shape index (κ3) is 2.60. The van der Waals surface area contributed by atoms with Gasteiger partial charge in [-0.05, 0) is 43.2 Å². The van der Waals surface area contributed by atoms with Gasteiger partial charge in [0.2, 0.25) is 5.91 Å². The van der Waals surface area contributed by atoms with Crippen LogP contribution >= 0.6 is 34.8 Å². The average molecular weight is 382 g/mol. The van der Waals surface area contributed by atoms with Gasteiger partial charge in [0.1, 0.15) is 6.17 Å². The fraction of sp³-hybridized carbons (Fsp3) is 0.278. The van der Waals surface area contributed by atoms with Crippen LogP contribution in [0.3, 0.4) is 0 Å². The van der Waals surface area contributed by atoms with Crippen LogP contribution in [0.1, 0.15) is 24.6 Å². The molecule has 0 aromatic heterocycles. The van der Waals surface area contributed by atoms with Gasteiger partial charge >= 0.3 is 0 Å². The van der Waals surface area contributed by atoms with E-state index < -0.39 is 0 Å². The Labute approximate surface area is 155 Å². The maximum absolute atomic E-state index is 13.0. The number of fused-ring (bicyclic) bond motifs is 1. The molecule has 0 bridgehead atoms. The highest BCUT2D eigenvalue weighted by atomic mass is 35.5. The first-order chi connectivity index (χ1) is 11.6. The Morgan fingerprint density at radius 1 is 1.00 bits per heavy atom. The molecule has 24 heavy (non-hydrogen) atoms. The van der Waals surface area contributed by atoms with Crippen LogP contribution in [0.5, 0.6) is 0 Å². The molecule has 2 saturated heterocycles. The first-order valence-electron chi connectivity index (χ1n) is 7.85. The van der Waals surface area contributed by atoms with Gasteiger partial charge in [0.05, 0.1) is 6.04 Å². The summed E-state index contributed by atoms with van der Waals surface area (Å²) in [5.41, 5.74) is 1.68. The Balaban J connectivity index is 1.85. The Kier molecular flexibility index (Phi) is 4.21. The number of rotatable bonds is 2. The van der Waals surface area contributed by atoms with Gasteiger partial charge < -0.3 is 0 Å². The third-order valence-electron chi connectivity index (χ3n) is 4.70. The monoisotopic (exact) mass is 380 g/mol. The average Bonchev–Trinajstić information content (AvgIpc) is 3.10. The smallest absolute Gasteiger partial charge is 0.246 e. The van der Waals surface area contributed by atoms with Crippen LogP contribution in [0, 0.1) is 0 Å². The molecule has 2 aliphatic heterocycles. The second kappa shape index (κ2) is 6.23. The topological polar surface area (TPSA) is 23.6 Å². The van der Waals surface area contributed by atoms with E-state index >= 15 is 0 Å². The van der Waals surface area contributed by atoms with Gasteiger partial charge in [0, 0.05) is 32.9 Å². The van der Waals surface area contributed by atoms with Crippen molar-refractivity contribution in [2.75, 3.05) is 11.4 Å². The van der Waals surface area contributed by atoms with Crippen LogP contribution in [0.2, 0.25) is 15.1 Å². The first-order valence-corrected chi connectivity index (χ1v) is 8.99. The van der Waals surface area contributed by atoms with Crippen LogP contribution in [-0.2, 0) is 4.79 Å². The van der Waals surface area contributed by atoms with E-state index in [4.69, 9.17) is 34.8 Å². The first kappa shape index (κ1) is 16.2. The highest BCUT2D eigenvalue weighted by Crippen LogP contribution is 2.44. The number of hydrogen-bond donors (Lipinski definition) is 0. The summed E-state index contributed by atoms with van der Waals surface area (Å²) in [5.74, 6) is 0.103. The molecule has 2 aliphatic rings. The zero-order valence-electron chi connectivity index (χ0n) is 12.8. The van der Waals surface area contributed by atoms with E-state index in [2.05, 4.69) is 4.90 Å². The van der Waals surface area contributed by atoms with Crippen molar-refractivity contribution in [1.29, 1.82) is 0 Å². The molecule has 3 nitrogen and oxygen atoms in total. The molecule has 4 rings (SSSR count). The normalized spacial score (nSPS) is 23.8. The molecule has 6 heteroatoms. The largest absolute Gasteiger partial charge is 0.290 e. The molecule has 1 amide bonds. The number of carbonyl (C=O) groups excluding carboxylic acids is 1. The quantitative estimate of drug-likeness (QED) is 0.717. The Morgan fingerprint density at radius 2 is 1.79 bits per heavy atom. The summed E-state index contributed by atoms with van der Waals surface area (Å²) in [6.45, 7) is 0.872. The van der Waals surface area contributed by atoms with Crippen molar-refractivity contribution in [2.24, 2.45) is 0 Å². The molecule has 124 valence electrons. The highest BCUT2D eigenvalue weighted by Gasteiger charge is 2.49. The van der Waals surface area contributed by atoms with E-state index in [1.165, 1.54) is 0 Å². The lowest BCUT2D eigenvalue weighted by Gasteiger charge is -2.30. The summed E-state index contributed by atoms with van der Waals surface area (Å²) >= 11 is 18.6. The summed E-state index contributed by atoms with van der Waals surface area (Å²) in [6.07, 6.45) is 1.66. The van der Waals surface area contributed by atoms with Crippen molar-refractivity contribution in [3.63, 3.8) is 0 Å².